The van der Waals surface area contributed by atoms with Gasteiger partial charge in [0.1, 0.15) is 11.5 Å². The van der Waals surface area contributed by atoms with E-state index in [1.165, 1.54) is 0 Å². The second kappa shape index (κ2) is 5.57. The van der Waals surface area contributed by atoms with E-state index >= 15 is 0 Å². The van der Waals surface area contributed by atoms with Crippen LogP contribution in [-0.2, 0) is 6.54 Å². The van der Waals surface area contributed by atoms with E-state index in [0.29, 0.717) is 25.4 Å². The minimum atomic E-state index is -4.08. The molecular weight excluding hydrogens is 255 g/mol. The van der Waals surface area contributed by atoms with Gasteiger partial charge >= 0.3 is 6.18 Å². The van der Waals surface area contributed by atoms with Crippen molar-refractivity contribution in [2.75, 3.05) is 13.1 Å². The van der Waals surface area contributed by atoms with Gasteiger partial charge in [-0.1, -0.05) is 13.8 Å². The number of hydrogen-bond donors (Lipinski definition) is 0. The van der Waals surface area contributed by atoms with Gasteiger partial charge < -0.3 is 4.42 Å². The highest BCUT2D eigenvalue weighted by atomic mass is 19.4. The van der Waals surface area contributed by atoms with Crippen molar-refractivity contribution in [1.82, 2.24) is 4.90 Å². The van der Waals surface area contributed by atoms with Crippen LogP contribution >= 0.6 is 0 Å². The number of hydrogen-bond acceptors (Lipinski definition) is 2. The number of rotatable bonds is 3. The molecule has 0 amide bonds. The molecule has 2 rings (SSSR count). The Morgan fingerprint density at radius 1 is 1.37 bits per heavy atom. The van der Waals surface area contributed by atoms with Crippen LogP contribution in [0.3, 0.4) is 0 Å². The Balaban J connectivity index is 1.95. The Kier molecular flexibility index (Phi) is 4.23. The molecule has 0 bridgehead atoms. The molecular formula is C14H20F3NO. The fraction of sp³-hybridized carbons (Fsp3) is 0.714. The summed E-state index contributed by atoms with van der Waals surface area (Å²) in [6.07, 6.45) is -3.23. The third-order valence-electron chi connectivity index (χ3n) is 3.60. The molecule has 1 aromatic rings. The highest BCUT2D eigenvalue weighted by molar-refractivity contribution is 5.10. The van der Waals surface area contributed by atoms with Gasteiger partial charge in [0, 0.05) is 12.5 Å². The summed E-state index contributed by atoms with van der Waals surface area (Å²) in [5.74, 6) is 0.754. The summed E-state index contributed by atoms with van der Waals surface area (Å²) in [4.78, 5) is 1.84. The molecule has 108 valence electrons. The minimum Gasteiger partial charge on any atom is -0.464 e. The largest absolute Gasteiger partial charge is 0.464 e. The van der Waals surface area contributed by atoms with Gasteiger partial charge in [-0.2, -0.15) is 13.2 Å². The lowest BCUT2D eigenvalue weighted by Gasteiger charge is -2.33. The molecule has 0 aromatic carbocycles. The van der Waals surface area contributed by atoms with Gasteiger partial charge in [0.25, 0.3) is 0 Å². The first kappa shape index (κ1) is 14.4. The lowest BCUT2D eigenvalue weighted by atomic mass is 9.97. The zero-order valence-corrected chi connectivity index (χ0v) is 11.3. The quantitative estimate of drug-likeness (QED) is 0.823. The summed E-state index contributed by atoms with van der Waals surface area (Å²) in [5, 5.41) is 0. The van der Waals surface area contributed by atoms with Crippen LogP contribution in [0.4, 0.5) is 13.2 Å². The Morgan fingerprint density at radius 3 is 2.68 bits per heavy atom. The fourth-order valence-electron chi connectivity index (χ4n) is 2.48. The van der Waals surface area contributed by atoms with E-state index < -0.39 is 12.1 Å². The van der Waals surface area contributed by atoms with Crippen molar-refractivity contribution in [2.24, 2.45) is 5.92 Å². The van der Waals surface area contributed by atoms with E-state index in [2.05, 4.69) is 0 Å². The van der Waals surface area contributed by atoms with Crippen molar-refractivity contribution in [3.8, 4) is 0 Å². The lowest BCUT2D eigenvalue weighted by molar-refractivity contribution is -0.187. The number of piperidine rings is 1. The van der Waals surface area contributed by atoms with Crippen LogP contribution in [0.2, 0.25) is 0 Å². The normalized spacial score (nSPS) is 22.1. The highest BCUT2D eigenvalue weighted by Gasteiger charge is 2.41. The third kappa shape index (κ3) is 3.75. The first-order chi connectivity index (χ1) is 8.86. The van der Waals surface area contributed by atoms with E-state index in [4.69, 9.17) is 4.42 Å². The van der Waals surface area contributed by atoms with Crippen molar-refractivity contribution in [1.29, 1.82) is 0 Å². The molecule has 0 aliphatic carbocycles. The third-order valence-corrected chi connectivity index (χ3v) is 3.60. The molecule has 1 saturated heterocycles. The van der Waals surface area contributed by atoms with Gasteiger partial charge in [-0.15, -0.1) is 0 Å². The fourth-order valence-corrected chi connectivity index (χ4v) is 2.48. The molecule has 1 aliphatic heterocycles. The van der Waals surface area contributed by atoms with Crippen LogP contribution in [0.25, 0.3) is 0 Å². The zero-order valence-electron chi connectivity index (χ0n) is 11.3. The summed E-state index contributed by atoms with van der Waals surface area (Å²) < 4.78 is 43.8. The monoisotopic (exact) mass is 275 g/mol. The summed E-state index contributed by atoms with van der Waals surface area (Å²) in [5.41, 5.74) is 0. The predicted octanol–water partition coefficient (Wildman–Crippen LogP) is 4.18. The molecule has 1 fully saturated rings. The van der Waals surface area contributed by atoms with Crippen molar-refractivity contribution >= 4 is 0 Å². The van der Waals surface area contributed by atoms with E-state index in [1.54, 1.807) is 0 Å². The molecule has 1 unspecified atom stereocenters. The standard InChI is InChI=1S/C14H20F3NO/c1-10(2)13-6-5-12(19-13)9-18-7-3-4-11(8-18)14(15,16)17/h5-6,10-11H,3-4,7-9H2,1-2H3. The molecule has 1 atom stereocenters. The van der Waals surface area contributed by atoms with Gasteiger partial charge in [0.15, 0.2) is 0 Å². The van der Waals surface area contributed by atoms with E-state index in [1.807, 2.05) is 30.9 Å². The maximum Gasteiger partial charge on any atom is 0.393 e. The van der Waals surface area contributed by atoms with E-state index in [9.17, 15) is 13.2 Å². The van der Waals surface area contributed by atoms with Crippen molar-refractivity contribution < 1.29 is 17.6 Å². The molecule has 1 aromatic heterocycles. The average Bonchev–Trinajstić information content (AvgIpc) is 2.77. The molecule has 0 saturated carbocycles. The highest BCUT2D eigenvalue weighted by Crippen LogP contribution is 2.33. The van der Waals surface area contributed by atoms with Crippen LogP contribution in [0.1, 0.15) is 44.1 Å². The summed E-state index contributed by atoms with van der Waals surface area (Å²) in [7, 11) is 0. The second-order valence-corrected chi connectivity index (χ2v) is 5.57. The van der Waals surface area contributed by atoms with Crippen molar-refractivity contribution in [2.45, 2.75) is 45.3 Å². The molecule has 19 heavy (non-hydrogen) atoms. The Labute approximate surface area is 111 Å². The number of furan rings is 1. The van der Waals surface area contributed by atoms with Crippen LogP contribution in [0.15, 0.2) is 16.5 Å². The maximum atomic E-state index is 12.7. The molecule has 0 radical (unpaired) electrons. The number of halogens is 3. The first-order valence-electron chi connectivity index (χ1n) is 6.74. The second-order valence-electron chi connectivity index (χ2n) is 5.57. The van der Waals surface area contributed by atoms with Gasteiger partial charge in [0.05, 0.1) is 12.5 Å². The Bertz CT molecular complexity index is 411. The van der Waals surface area contributed by atoms with Crippen molar-refractivity contribution in [3.63, 3.8) is 0 Å². The van der Waals surface area contributed by atoms with Crippen LogP contribution in [-0.4, -0.2) is 24.2 Å². The minimum absolute atomic E-state index is 0.0845. The van der Waals surface area contributed by atoms with Gasteiger partial charge in [-0.05, 0) is 31.5 Å². The molecule has 5 heteroatoms. The first-order valence-corrected chi connectivity index (χ1v) is 6.74. The van der Waals surface area contributed by atoms with E-state index in [0.717, 1.165) is 11.5 Å². The maximum absolute atomic E-state index is 12.7. The molecule has 0 spiro atoms. The number of alkyl halides is 3. The molecule has 0 N–H and O–H groups in total. The molecule has 2 heterocycles. The van der Waals surface area contributed by atoms with Gasteiger partial charge in [0.2, 0.25) is 0 Å². The number of likely N-dealkylation sites (tertiary alicyclic amines) is 1. The number of nitrogens with zero attached hydrogens (tertiary/aromatic N) is 1. The Hall–Kier alpha value is -0.970. The van der Waals surface area contributed by atoms with Crippen LogP contribution in [0.5, 0.6) is 0 Å². The summed E-state index contributed by atoms with van der Waals surface area (Å²) >= 11 is 0. The van der Waals surface area contributed by atoms with E-state index in [-0.39, 0.29) is 13.0 Å². The lowest BCUT2D eigenvalue weighted by Crippen LogP contribution is -2.41. The van der Waals surface area contributed by atoms with Gasteiger partial charge in [-0.25, -0.2) is 0 Å². The van der Waals surface area contributed by atoms with Gasteiger partial charge in [-0.3, -0.25) is 4.90 Å². The van der Waals surface area contributed by atoms with Crippen LogP contribution in [0, 0.1) is 5.92 Å². The topological polar surface area (TPSA) is 16.4 Å². The summed E-state index contributed by atoms with van der Waals surface area (Å²) in [6.45, 7) is 5.33. The average molecular weight is 275 g/mol. The Morgan fingerprint density at radius 2 is 2.11 bits per heavy atom. The van der Waals surface area contributed by atoms with Crippen LogP contribution < -0.4 is 0 Å². The smallest absolute Gasteiger partial charge is 0.393 e. The SMILES string of the molecule is CC(C)c1ccc(CN2CCCC(C(F)(F)F)C2)o1. The summed E-state index contributed by atoms with van der Waals surface area (Å²) in [6, 6.07) is 3.78. The zero-order chi connectivity index (χ0) is 14.0. The molecule has 1 aliphatic rings. The molecule has 2 nitrogen and oxygen atoms in total. The van der Waals surface area contributed by atoms with Crippen molar-refractivity contribution in [3.05, 3.63) is 23.7 Å². The predicted molar refractivity (Wildman–Crippen MR) is 66.9 cm³/mol.